The highest BCUT2D eigenvalue weighted by Gasteiger charge is 2.35. The third-order valence-corrected chi connectivity index (χ3v) is 3.26. The van der Waals surface area contributed by atoms with E-state index >= 15 is 0 Å². The van der Waals surface area contributed by atoms with Gasteiger partial charge in [-0.25, -0.2) is 0 Å². The van der Waals surface area contributed by atoms with Gasteiger partial charge in [-0.05, 0) is 31.5 Å². The largest absolute Gasteiger partial charge is 0.418 e. The molecule has 0 bridgehead atoms. The van der Waals surface area contributed by atoms with E-state index in [2.05, 4.69) is 10.6 Å². The predicted octanol–water partition coefficient (Wildman–Crippen LogP) is 3.05. The number of carbonyl (C=O) groups is 1. The molecule has 1 heterocycles. The van der Waals surface area contributed by atoms with Gasteiger partial charge in [0.2, 0.25) is 5.91 Å². The van der Waals surface area contributed by atoms with Crippen molar-refractivity contribution < 1.29 is 18.0 Å². The average Bonchev–Trinajstić information content (AvgIpc) is 2.83. The van der Waals surface area contributed by atoms with Crippen molar-refractivity contribution in [3.05, 3.63) is 28.8 Å². The number of rotatable bonds is 2. The molecule has 3 nitrogen and oxygen atoms in total. The summed E-state index contributed by atoms with van der Waals surface area (Å²) in [6, 6.07) is 2.95. The fourth-order valence-electron chi connectivity index (χ4n) is 2.01. The number of amides is 1. The molecule has 1 atom stereocenters. The van der Waals surface area contributed by atoms with Crippen LogP contribution in [0.4, 0.5) is 18.9 Å². The van der Waals surface area contributed by atoms with Crippen molar-refractivity contribution >= 4 is 23.2 Å². The van der Waals surface area contributed by atoms with E-state index in [1.165, 1.54) is 12.1 Å². The van der Waals surface area contributed by atoms with Crippen LogP contribution in [0.25, 0.3) is 0 Å². The maximum atomic E-state index is 12.8. The van der Waals surface area contributed by atoms with Crippen LogP contribution in [0.3, 0.4) is 0 Å². The fraction of sp³-hybridized carbons (Fsp3) is 0.417. The Labute approximate surface area is 113 Å². The minimum absolute atomic E-state index is 0.124. The van der Waals surface area contributed by atoms with Gasteiger partial charge in [0.1, 0.15) is 0 Å². The first kappa shape index (κ1) is 14.1. The first-order chi connectivity index (χ1) is 8.89. The number of carbonyl (C=O) groups excluding carboxylic acids is 1. The van der Waals surface area contributed by atoms with E-state index in [9.17, 15) is 18.0 Å². The Morgan fingerprint density at radius 1 is 1.42 bits per heavy atom. The normalized spacial score (nSPS) is 19.5. The summed E-state index contributed by atoms with van der Waals surface area (Å²) >= 11 is 5.75. The van der Waals surface area contributed by atoms with Gasteiger partial charge in [0, 0.05) is 0 Å². The number of benzene rings is 1. The molecule has 0 aliphatic carbocycles. The first-order valence-electron chi connectivity index (χ1n) is 5.79. The Bertz CT molecular complexity index is 484. The van der Waals surface area contributed by atoms with Crippen LogP contribution in [0.15, 0.2) is 18.2 Å². The van der Waals surface area contributed by atoms with E-state index < -0.39 is 23.7 Å². The molecule has 2 N–H and O–H groups in total. The minimum Gasteiger partial charge on any atom is -0.323 e. The lowest BCUT2D eigenvalue weighted by molar-refractivity contribution is -0.137. The molecule has 2 rings (SSSR count). The third-order valence-electron chi connectivity index (χ3n) is 2.94. The topological polar surface area (TPSA) is 41.1 Å². The number of alkyl halides is 3. The van der Waals surface area contributed by atoms with Crippen LogP contribution in [0.5, 0.6) is 0 Å². The van der Waals surface area contributed by atoms with E-state index in [0.29, 0.717) is 13.0 Å². The molecule has 1 saturated heterocycles. The number of para-hydroxylation sites is 1. The van der Waals surface area contributed by atoms with Gasteiger partial charge in [-0.2, -0.15) is 13.2 Å². The van der Waals surface area contributed by atoms with E-state index in [4.69, 9.17) is 11.6 Å². The van der Waals surface area contributed by atoms with Crippen molar-refractivity contribution in [1.29, 1.82) is 0 Å². The van der Waals surface area contributed by atoms with Gasteiger partial charge in [0.25, 0.3) is 0 Å². The zero-order chi connectivity index (χ0) is 14.0. The molecule has 0 spiro atoms. The Morgan fingerprint density at radius 2 is 2.16 bits per heavy atom. The fourth-order valence-corrected chi connectivity index (χ4v) is 2.23. The predicted molar refractivity (Wildman–Crippen MR) is 66.1 cm³/mol. The molecule has 0 aromatic heterocycles. The molecule has 0 saturated carbocycles. The van der Waals surface area contributed by atoms with Crippen molar-refractivity contribution in [3.63, 3.8) is 0 Å². The highest BCUT2D eigenvalue weighted by Crippen LogP contribution is 2.38. The zero-order valence-corrected chi connectivity index (χ0v) is 10.6. The van der Waals surface area contributed by atoms with Crippen LogP contribution in [-0.4, -0.2) is 18.5 Å². The number of hydrogen-bond donors (Lipinski definition) is 2. The van der Waals surface area contributed by atoms with Gasteiger partial charge in [-0.1, -0.05) is 17.7 Å². The molecule has 104 valence electrons. The molecular weight excluding hydrogens is 281 g/mol. The third kappa shape index (κ3) is 3.19. The molecule has 0 unspecified atom stereocenters. The lowest BCUT2D eigenvalue weighted by atomic mass is 10.1. The van der Waals surface area contributed by atoms with Gasteiger partial charge >= 0.3 is 6.18 Å². The Kier molecular flexibility index (Phi) is 4.01. The summed E-state index contributed by atoms with van der Waals surface area (Å²) in [5.74, 6) is -0.490. The Balaban J connectivity index is 2.26. The zero-order valence-electron chi connectivity index (χ0n) is 9.85. The first-order valence-corrected chi connectivity index (χ1v) is 6.17. The lowest BCUT2D eigenvalue weighted by Crippen LogP contribution is -2.36. The molecular formula is C12H12ClF3N2O. The highest BCUT2D eigenvalue weighted by molar-refractivity contribution is 6.34. The maximum Gasteiger partial charge on any atom is 0.418 e. The van der Waals surface area contributed by atoms with Crippen molar-refractivity contribution in [3.8, 4) is 0 Å². The molecule has 1 aromatic carbocycles. The molecule has 1 amide bonds. The average molecular weight is 293 g/mol. The van der Waals surface area contributed by atoms with Crippen LogP contribution in [0, 0.1) is 0 Å². The van der Waals surface area contributed by atoms with Crippen LogP contribution in [0.2, 0.25) is 5.02 Å². The number of halogens is 4. The van der Waals surface area contributed by atoms with E-state index in [1.807, 2.05) is 0 Å². The van der Waals surface area contributed by atoms with Gasteiger partial charge < -0.3 is 10.6 Å². The smallest absolute Gasteiger partial charge is 0.323 e. The summed E-state index contributed by atoms with van der Waals surface area (Å²) < 4.78 is 38.5. The second kappa shape index (κ2) is 5.38. The van der Waals surface area contributed by atoms with Crippen molar-refractivity contribution in [2.45, 2.75) is 25.1 Å². The second-order valence-corrected chi connectivity index (χ2v) is 4.71. The lowest BCUT2D eigenvalue weighted by Gasteiger charge is -2.17. The van der Waals surface area contributed by atoms with Crippen molar-refractivity contribution in [1.82, 2.24) is 5.32 Å². The van der Waals surface area contributed by atoms with Crippen LogP contribution in [0.1, 0.15) is 18.4 Å². The molecule has 19 heavy (non-hydrogen) atoms. The number of nitrogens with one attached hydrogen (secondary N) is 2. The molecule has 0 radical (unpaired) electrons. The summed E-state index contributed by atoms with van der Waals surface area (Å²) in [6.07, 6.45) is -3.12. The summed E-state index contributed by atoms with van der Waals surface area (Å²) in [5.41, 5.74) is -1.32. The Hall–Kier alpha value is -1.27. The summed E-state index contributed by atoms with van der Waals surface area (Å²) in [6.45, 7) is 0.687. The summed E-state index contributed by atoms with van der Waals surface area (Å²) in [4.78, 5) is 11.8. The molecule has 1 aliphatic heterocycles. The SMILES string of the molecule is O=C(Nc1c(Cl)cccc1C(F)(F)F)[C@H]1CCCN1. The standard InChI is InChI=1S/C12H12ClF3N2O/c13-8-4-1-3-7(12(14,15)16)10(8)18-11(19)9-5-2-6-17-9/h1,3-4,9,17H,2,5-6H2,(H,18,19)/t9-/m1/s1. The van der Waals surface area contributed by atoms with Gasteiger partial charge in [-0.15, -0.1) is 0 Å². The van der Waals surface area contributed by atoms with Gasteiger partial charge in [0.05, 0.1) is 22.3 Å². The number of hydrogen-bond acceptors (Lipinski definition) is 2. The quantitative estimate of drug-likeness (QED) is 0.879. The monoisotopic (exact) mass is 292 g/mol. The molecule has 1 aromatic rings. The van der Waals surface area contributed by atoms with Crippen LogP contribution in [-0.2, 0) is 11.0 Å². The minimum atomic E-state index is -4.56. The molecule has 1 aliphatic rings. The molecule has 1 fully saturated rings. The summed E-state index contributed by atoms with van der Waals surface area (Å²) in [5, 5.41) is 5.07. The summed E-state index contributed by atoms with van der Waals surface area (Å²) in [7, 11) is 0. The van der Waals surface area contributed by atoms with Crippen LogP contribution >= 0.6 is 11.6 Å². The molecule has 7 heteroatoms. The van der Waals surface area contributed by atoms with Crippen molar-refractivity contribution in [2.75, 3.05) is 11.9 Å². The maximum absolute atomic E-state index is 12.8. The number of anilines is 1. The van der Waals surface area contributed by atoms with Gasteiger partial charge in [-0.3, -0.25) is 4.79 Å². The van der Waals surface area contributed by atoms with E-state index in [1.54, 1.807) is 0 Å². The highest BCUT2D eigenvalue weighted by atomic mass is 35.5. The van der Waals surface area contributed by atoms with E-state index in [0.717, 1.165) is 12.5 Å². The van der Waals surface area contributed by atoms with E-state index in [-0.39, 0.29) is 10.7 Å². The van der Waals surface area contributed by atoms with Crippen LogP contribution < -0.4 is 10.6 Å². The van der Waals surface area contributed by atoms with Crippen molar-refractivity contribution in [2.24, 2.45) is 0 Å². The van der Waals surface area contributed by atoms with Gasteiger partial charge in [0.15, 0.2) is 0 Å². The Morgan fingerprint density at radius 3 is 2.74 bits per heavy atom. The second-order valence-electron chi connectivity index (χ2n) is 4.30.